The average molecular weight is 610 g/mol. The summed E-state index contributed by atoms with van der Waals surface area (Å²) in [5.74, 6) is -0.440. The van der Waals surface area contributed by atoms with Crippen LogP contribution in [0.4, 0.5) is 17.1 Å². The van der Waals surface area contributed by atoms with Crippen molar-refractivity contribution in [2.24, 2.45) is 0 Å². The number of hydrogen-bond donors (Lipinski definition) is 0. The zero-order chi connectivity index (χ0) is 32.6. The molecule has 3 aromatic carbocycles. The third-order valence-corrected chi connectivity index (χ3v) is 7.95. The second kappa shape index (κ2) is 18.6. The third-order valence-electron chi connectivity index (χ3n) is 7.95. The van der Waals surface area contributed by atoms with Crippen LogP contribution < -0.4 is 4.90 Å². The third kappa shape index (κ3) is 11.4. The molecule has 0 saturated heterocycles. The molecule has 5 heteroatoms. The van der Waals surface area contributed by atoms with Gasteiger partial charge in [0, 0.05) is 28.2 Å². The first-order chi connectivity index (χ1) is 21.7. The van der Waals surface area contributed by atoms with E-state index in [1.165, 1.54) is 22.3 Å². The summed E-state index contributed by atoms with van der Waals surface area (Å²) in [5, 5.41) is 0. The number of anilines is 3. The highest BCUT2D eigenvalue weighted by atomic mass is 16.5. The van der Waals surface area contributed by atoms with Gasteiger partial charge in [-0.05, 0) is 125 Å². The van der Waals surface area contributed by atoms with E-state index in [-0.39, 0.29) is 11.9 Å². The lowest BCUT2D eigenvalue weighted by Gasteiger charge is -2.26. The number of ether oxygens (including phenoxy) is 2. The lowest BCUT2D eigenvalue weighted by atomic mass is 10.1. The predicted molar refractivity (Wildman–Crippen MR) is 186 cm³/mol. The van der Waals surface area contributed by atoms with Gasteiger partial charge >= 0.3 is 11.9 Å². The fraction of sp³-hybridized carbons (Fsp3) is 0.400. The number of rotatable bonds is 17. The van der Waals surface area contributed by atoms with Crippen molar-refractivity contribution in [3.63, 3.8) is 0 Å². The maximum absolute atomic E-state index is 12.1. The number of aryl methyl sites for hydroxylation is 4. The molecular weight excluding hydrogens is 558 g/mol. The molecule has 0 aliphatic rings. The van der Waals surface area contributed by atoms with Gasteiger partial charge in [0.2, 0.25) is 0 Å². The van der Waals surface area contributed by atoms with Gasteiger partial charge in [-0.3, -0.25) is 0 Å². The summed E-state index contributed by atoms with van der Waals surface area (Å²) in [6.07, 6.45) is 11.0. The van der Waals surface area contributed by atoms with Gasteiger partial charge in [0.15, 0.2) is 0 Å². The topological polar surface area (TPSA) is 55.8 Å². The minimum Gasteiger partial charge on any atom is -0.462 e. The Bertz CT molecular complexity index is 1350. The summed E-state index contributed by atoms with van der Waals surface area (Å²) in [7, 11) is 0. The quantitative estimate of drug-likeness (QED) is 0.0866. The number of allylic oxidation sites excluding steroid dienone is 2. The molecule has 0 heterocycles. The summed E-state index contributed by atoms with van der Waals surface area (Å²) >= 11 is 0. The molecule has 0 atom stereocenters. The molecule has 45 heavy (non-hydrogen) atoms. The molecule has 0 fully saturated rings. The van der Waals surface area contributed by atoms with Crippen LogP contribution >= 0.6 is 0 Å². The van der Waals surface area contributed by atoms with Crippen LogP contribution in [0.1, 0.15) is 88.5 Å². The zero-order valence-electron chi connectivity index (χ0n) is 28.2. The van der Waals surface area contributed by atoms with Crippen molar-refractivity contribution in [2.45, 2.75) is 92.9 Å². The standard InChI is InChI=1S/C40H51NO4/c1-7-9-13-31(4)39(42)44-27-11-15-34-18-23-36(24-19-34)41(38-22-17-30(3)33(6)29-38)37-25-20-35(21-26-37)16-12-28-45-40(43)32(5)14-10-8-2/h13-14,17-26,29H,7-12,15-16,27-28H2,1-6H3. The van der Waals surface area contributed by atoms with E-state index in [4.69, 9.17) is 9.47 Å². The van der Waals surface area contributed by atoms with Crippen molar-refractivity contribution < 1.29 is 19.1 Å². The van der Waals surface area contributed by atoms with Crippen LogP contribution in [0, 0.1) is 13.8 Å². The summed E-state index contributed by atoms with van der Waals surface area (Å²) < 4.78 is 10.9. The zero-order valence-corrected chi connectivity index (χ0v) is 28.2. The van der Waals surface area contributed by atoms with Gasteiger partial charge in [0.25, 0.3) is 0 Å². The number of carbonyl (C=O) groups excluding carboxylic acids is 2. The SMILES string of the molecule is CCCC=C(C)C(=O)OCCCc1ccc(N(c2ccc(CCCOC(=O)C(C)=CCCC)cc2)c2ccc(C)c(C)c2)cc1. The maximum atomic E-state index is 12.1. The monoisotopic (exact) mass is 609 g/mol. The maximum Gasteiger partial charge on any atom is 0.333 e. The summed E-state index contributed by atoms with van der Waals surface area (Å²) in [6, 6.07) is 23.8. The first kappa shape index (κ1) is 35.4. The molecule has 0 radical (unpaired) electrons. The van der Waals surface area contributed by atoms with Crippen molar-refractivity contribution >= 4 is 29.0 Å². The molecule has 0 bridgehead atoms. The molecule has 0 aromatic heterocycles. The number of esters is 2. The molecule has 0 aliphatic heterocycles. The van der Waals surface area contributed by atoms with E-state index in [0.29, 0.717) is 24.4 Å². The fourth-order valence-corrected chi connectivity index (χ4v) is 4.93. The van der Waals surface area contributed by atoms with Crippen LogP contribution in [0.15, 0.2) is 90.0 Å². The van der Waals surface area contributed by atoms with Crippen LogP contribution in [0.25, 0.3) is 0 Å². The van der Waals surface area contributed by atoms with Gasteiger partial charge in [-0.15, -0.1) is 0 Å². The Morgan fingerprint density at radius 1 is 0.622 bits per heavy atom. The van der Waals surface area contributed by atoms with Gasteiger partial charge in [0.05, 0.1) is 13.2 Å². The van der Waals surface area contributed by atoms with E-state index in [0.717, 1.165) is 68.4 Å². The van der Waals surface area contributed by atoms with Gasteiger partial charge < -0.3 is 14.4 Å². The molecule has 0 saturated carbocycles. The summed E-state index contributed by atoms with van der Waals surface area (Å²) in [4.78, 5) is 26.6. The van der Waals surface area contributed by atoms with E-state index in [1.807, 2.05) is 26.0 Å². The van der Waals surface area contributed by atoms with Gasteiger partial charge in [0.1, 0.15) is 0 Å². The number of carbonyl (C=O) groups is 2. The molecule has 240 valence electrons. The van der Waals surface area contributed by atoms with Crippen LogP contribution in [-0.2, 0) is 31.9 Å². The first-order valence-electron chi connectivity index (χ1n) is 16.5. The average Bonchev–Trinajstić information content (AvgIpc) is 3.05. The molecule has 0 aliphatic carbocycles. The summed E-state index contributed by atoms with van der Waals surface area (Å²) in [5.41, 5.74) is 9.56. The van der Waals surface area contributed by atoms with Crippen molar-refractivity contribution in [1.29, 1.82) is 0 Å². The van der Waals surface area contributed by atoms with Gasteiger partial charge in [-0.1, -0.05) is 69.2 Å². The van der Waals surface area contributed by atoms with Gasteiger partial charge in [-0.2, -0.15) is 0 Å². The van der Waals surface area contributed by atoms with Gasteiger partial charge in [-0.25, -0.2) is 9.59 Å². The largest absolute Gasteiger partial charge is 0.462 e. The number of benzene rings is 3. The van der Waals surface area contributed by atoms with Crippen molar-refractivity contribution in [3.8, 4) is 0 Å². The molecule has 5 nitrogen and oxygen atoms in total. The minimum atomic E-state index is -0.220. The van der Waals surface area contributed by atoms with Crippen molar-refractivity contribution in [3.05, 3.63) is 112 Å². The highest BCUT2D eigenvalue weighted by molar-refractivity contribution is 5.88. The second-order valence-corrected chi connectivity index (χ2v) is 11.8. The van der Waals surface area contributed by atoms with E-state index in [1.54, 1.807) is 0 Å². The highest BCUT2D eigenvalue weighted by Gasteiger charge is 2.14. The molecular formula is C40H51NO4. The van der Waals surface area contributed by atoms with Crippen LogP contribution in [0.3, 0.4) is 0 Å². The fourth-order valence-electron chi connectivity index (χ4n) is 4.93. The Morgan fingerprint density at radius 2 is 1.04 bits per heavy atom. The lowest BCUT2D eigenvalue weighted by Crippen LogP contribution is -2.11. The molecule has 0 spiro atoms. The van der Waals surface area contributed by atoms with E-state index < -0.39 is 0 Å². The Kier molecular flexibility index (Phi) is 14.6. The first-order valence-corrected chi connectivity index (χ1v) is 16.5. The Hall–Kier alpha value is -4.12. The predicted octanol–water partition coefficient (Wildman–Crippen LogP) is 10.2. The lowest BCUT2D eigenvalue weighted by molar-refractivity contribution is -0.139. The van der Waals surface area contributed by atoms with Crippen molar-refractivity contribution in [1.82, 2.24) is 0 Å². The van der Waals surface area contributed by atoms with Crippen molar-refractivity contribution in [2.75, 3.05) is 18.1 Å². The molecule has 0 amide bonds. The number of hydrogen-bond acceptors (Lipinski definition) is 5. The molecule has 3 rings (SSSR count). The minimum absolute atomic E-state index is 0.220. The Labute approximate surface area is 271 Å². The van der Waals surface area contributed by atoms with E-state index in [9.17, 15) is 9.59 Å². The van der Waals surface area contributed by atoms with Crippen LogP contribution in [0.5, 0.6) is 0 Å². The summed E-state index contributed by atoms with van der Waals surface area (Å²) in [6.45, 7) is 12.9. The number of nitrogens with zero attached hydrogens (tertiary/aromatic N) is 1. The van der Waals surface area contributed by atoms with Crippen LogP contribution in [0.2, 0.25) is 0 Å². The smallest absolute Gasteiger partial charge is 0.333 e. The van der Waals surface area contributed by atoms with E-state index in [2.05, 4.69) is 99.3 Å². The normalized spacial score (nSPS) is 11.8. The molecule has 0 unspecified atom stereocenters. The molecule has 0 N–H and O–H groups in total. The Morgan fingerprint density at radius 3 is 1.44 bits per heavy atom. The number of unbranched alkanes of at least 4 members (excludes halogenated alkanes) is 2. The second-order valence-electron chi connectivity index (χ2n) is 11.8. The van der Waals surface area contributed by atoms with E-state index >= 15 is 0 Å². The highest BCUT2D eigenvalue weighted by Crippen LogP contribution is 2.35. The Balaban J connectivity index is 1.65. The van der Waals surface area contributed by atoms with Crippen LogP contribution in [-0.4, -0.2) is 25.2 Å². The molecule has 3 aromatic rings.